The number of nitrogens with one attached hydrogen (secondary N) is 2. The van der Waals surface area contributed by atoms with E-state index in [1.165, 1.54) is 5.52 Å². The molecule has 2 rings (SSSR count). The molecule has 1 heterocycles. The first-order chi connectivity index (χ1) is 13.7. The third kappa shape index (κ3) is 8.88. The van der Waals surface area contributed by atoms with Gasteiger partial charge in [0, 0.05) is 39.8 Å². The number of aliphatic imine (C=N–C) groups is 1. The number of hydrogen-bond acceptors (Lipinski definition) is 4. The number of guanidine groups is 1. The molecule has 0 saturated heterocycles. The van der Waals surface area contributed by atoms with Crippen molar-refractivity contribution < 1.29 is 4.74 Å². The van der Waals surface area contributed by atoms with Crippen LogP contribution in [-0.4, -0.2) is 73.9 Å². The molecule has 0 atom stereocenters. The largest absolute Gasteiger partial charge is 0.383 e. The smallest absolute Gasteiger partial charge is 0.191 e. The van der Waals surface area contributed by atoms with Crippen molar-refractivity contribution in [2.24, 2.45) is 4.99 Å². The molecule has 0 bridgehead atoms. The molecule has 0 aliphatic rings. The summed E-state index contributed by atoms with van der Waals surface area (Å²) in [7, 11) is 3.87. The van der Waals surface area contributed by atoms with Crippen LogP contribution in [0, 0.1) is 6.92 Å². The lowest BCUT2D eigenvalue weighted by Crippen LogP contribution is -2.38. The minimum Gasteiger partial charge on any atom is -0.383 e. The zero-order chi connectivity index (χ0) is 20.2. The van der Waals surface area contributed by atoms with Crippen LogP contribution in [0.25, 0.3) is 11.0 Å². The summed E-state index contributed by atoms with van der Waals surface area (Å²) in [6.07, 6.45) is 2.06. The third-order valence-electron chi connectivity index (χ3n) is 4.69. The van der Waals surface area contributed by atoms with Gasteiger partial charge in [0.25, 0.3) is 0 Å². The van der Waals surface area contributed by atoms with Gasteiger partial charge < -0.3 is 24.8 Å². The van der Waals surface area contributed by atoms with E-state index in [-0.39, 0.29) is 24.0 Å². The summed E-state index contributed by atoms with van der Waals surface area (Å²) in [5, 5.41) is 6.75. The van der Waals surface area contributed by atoms with E-state index in [0.717, 1.165) is 76.0 Å². The Hall–Kier alpha value is -1.39. The van der Waals surface area contributed by atoms with Crippen LogP contribution in [0.15, 0.2) is 29.3 Å². The number of fused-ring (bicyclic) bond motifs is 1. The number of para-hydroxylation sites is 2. The summed E-state index contributed by atoms with van der Waals surface area (Å²) in [5.74, 6) is 1.96. The third-order valence-corrected chi connectivity index (χ3v) is 4.69. The Morgan fingerprint density at radius 3 is 2.76 bits per heavy atom. The molecule has 0 aliphatic carbocycles. The normalized spacial score (nSPS) is 11.7. The van der Waals surface area contributed by atoms with Crippen LogP contribution in [0.2, 0.25) is 0 Å². The van der Waals surface area contributed by atoms with E-state index in [9.17, 15) is 0 Å². The van der Waals surface area contributed by atoms with Crippen LogP contribution in [-0.2, 0) is 11.3 Å². The number of rotatable bonds is 12. The predicted octanol–water partition coefficient (Wildman–Crippen LogP) is 2.88. The van der Waals surface area contributed by atoms with Crippen LogP contribution in [0.3, 0.4) is 0 Å². The number of aromatic nitrogens is 2. The molecule has 2 aromatic rings. The number of nitrogens with zero attached hydrogens (tertiary/aromatic N) is 4. The van der Waals surface area contributed by atoms with E-state index < -0.39 is 0 Å². The molecule has 0 radical (unpaired) electrons. The van der Waals surface area contributed by atoms with Crippen molar-refractivity contribution in [3.8, 4) is 0 Å². The summed E-state index contributed by atoms with van der Waals surface area (Å²) in [5.41, 5.74) is 2.26. The summed E-state index contributed by atoms with van der Waals surface area (Å²) >= 11 is 0. The van der Waals surface area contributed by atoms with E-state index in [1.54, 1.807) is 7.11 Å². The fourth-order valence-corrected chi connectivity index (χ4v) is 3.15. The predicted molar refractivity (Wildman–Crippen MR) is 132 cm³/mol. The molecule has 0 unspecified atom stereocenters. The van der Waals surface area contributed by atoms with Crippen molar-refractivity contribution in [2.45, 2.75) is 33.2 Å². The van der Waals surface area contributed by atoms with Crippen molar-refractivity contribution in [1.29, 1.82) is 0 Å². The number of aryl methyl sites for hydroxylation is 2. The quantitative estimate of drug-likeness (QED) is 0.197. The first kappa shape index (κ1) is 25.6. The average molecular weight is 516 g/mol. The minimum absolute atomic E-state index is 0. The van der Waals surface area contributed by atoms with E-state index in [2.05, 4.69) is 64.2 Å². The SMILES string of the molecule is CCNC(=NCCCn1c(C)nc2ccccc21)NCCCN(C)CCOC.I. The van der Waals surface area contributed by atoms with Gasteiger partial charge in [-0.3, -0.25) is 4.99 Å². The van der Waals surface area contributed by atoms with Gasteiger partial charge in [-0.15, -0.1) is 24.0 Å². The highest BCUT2D eigenvalue weighted by atomic mass is 127. The molecule has 29 heavy (non-hydrogen) atoms. The lowest BCUT2D eigenvalue weighted by Gasteiger charge is -2.17. The van der Waals surface area contributed by atoms with Crippen LogP contribution in [0.1, 0.15) is 25.6 Å². The number of imidazole rings is 1. The number of ether oxygens (including phenoxy) is 1. The van der Waals surface area contributed by atoms with Gasteiger partial charge in [-0.1, -0.05) is 12.1 Å². The van der Waals surface area contributed by atoms with Gasteiger partial charge >= 0.3 is 0 Å². The van der Waals surface area contributed by atoms with E-state index in [1.807, 2.05) is 6.07 Å². The van der Waals surface area contributed by atoms with Crippen molar-refractivity contribution >= 4 is 41.0 Å². The first-order valence-corrected chi connectivity index (χ1v) is 10.3. The zero-order valence-electron chi connectivity index (χ0n) is 18.3. The second-order valence-corrected chi connectivity index (χ2v) is 6.99. The lowest BCUT2D eigenvalue weighted by molar-refractivity contribution is 0.161. The Bertz CT molecular complexity index is 733. The average Bonchev–Trinajstić information content (AvgIpc) is 3.01. The summed E-state index contributed by atoms with van der Waals surface area (Å²) < 4.78 is 7.39. The highest BCUT2D eigenvalue weighted by Gasteiger charge is 2.06. The molecule has 0 fully saturated rings. The van der Waals surface area contributed by atoms with Gasteiger partial charge in [0.15, 0.2) is 5.96 Å². The van der Waals surface area contributed by atoms with Gasteiger partial charge in [0.05, 0.1) is 17.6 Å². The van der Waals surface area contributed by atoms with E-state index in [0.29, 0.717) is 0 Å². The zero-order valence-corrected chi connectivity index (χ0v) is 20.6. The van der Waals surface area contributed by atoms with Crippen LogP contribution in [0.5, 0.6) is 0 Å². The number of hydrogen-bond donors (Lipinski definition) is 2. The molecule has 0 amide bonds. The second kappa shape index (κ2) is 14.6. The molecule has 0 spiro atoms. The molecule has 1 aromatic carbocycles. The molecule has 0 aliphatic heterocycles. The Morgan fingerprint density at radius 2 is 2.00 bits per heavy atom. The number of halogens is 1. The van der Waals surface area contributed by atoms with E-state index >= 15 is 0 Å². The molecule has 0 saturated carbocycles. The number of likely N-dealkylation sites (N-methyl/N-ethyl adjacent to an activating group) is 1. The number of benzene rings is 1. The van der Waals surface area contributed by atoms with Gasteiger partial charge in [-0.25, -0.2) is 4.98 Å². The molecule has 1 aromatic heterocycles. The summed E-state index contributed by atoms with van der Waals surface area (Å²) in [4.78, 5) is 11.6. The Kier molecular flexibility index (Phi) is 12.9. The molecular weight excluding hydrogens is 479 g/mol. The molecule has 164 valence electrons. The molecule has 8 heteroatoms. The Morgan fingerprint density at radius 1 is 1.21 bits per heavy atom. The molecular formula is C21H37IN6O. The maximum atomic E-state index is 5.11. The fourth-order valence-electron chi connectivity index (χ4n) is 3.15. The fraction of sp³-hybridized carbons (Fsp3) is 0.619. The standard InChI is InChI=1S/C21H36N6O.HI/c1-5-22-21(23-12-8-14-26(3)16-17-28-4)24-13-9-15-27-18(2)25-19-10-6-7-11-20(19)27;/h6-7,10-11H,5,8-9,12-17H2,1-4H3,(H2,22,23,24);1H. The van der Waals surface area contributed by atoms with Crippen molar-refractivity contribution in [2.75, 3.05) is 53.5 Å². The van der Waals surface area contributed by atoms with Crippen molar-refractivity contribution in [1.82, 2.24) is 25.1 Å². The van der Waals surface area contributed by atoms with E-state index in [4.69, 9.17) is 9.73 Å². The van der Waals surface area contributed by atoms with Gasteiger partial charge in [-0.2, -0.15) is 0 Å². The molecule has 7 nitrogen and oxygen atoms in total. The van der Waals surface area contributed by atoms with Gasteiger partial charge in [-0.05, 0) is 52.4 Å². The molecule has 2 N–H and O–H groups in total. The van der Waals surface area contributed by atoms with Crippen LogP contribution >= 0.6 is 24.0 Å². The summed E-state index contributed by atoms with van der Waals surface area (Å²) in [6.45, 7) is 10.4. The first-order valence-electron chi connectivity index (χ1n) is 10.3. The van der Waals surface area contributed by atoms with Crippen molar-refractivity contribution in [3.63, 3.8) is 0 Å². The van der Waals surface area contributed by atoms with Crippen LogP contribution in [0.4, 0.5) is 0 Å². The second-order valence-electron chi connectivity index (χ2n) is 6.99. The topological polar surface area (TPSA) is 66.7 Å². The van der Waals surface area contributed by atoms with Crippen molar-refractivity contribution in [3.05, 3.63) is 30.1 Å². The van der Waals surface area contributed by atoms with Crippen LogP contribution < -0.4 is 10.6 Å². The monoisotopic (exact) mass is 516 g/mol. The lowest BCUT2D eigenvalue weighted by atomic mass is 10.3. The maximum absolute atomic E-state index is 5.11. The van der Waals surface area contributed by atoms with Gasteiger partial charge in [0.1, 0.15) is 5.82 Å². The Balaban J connectivity index is 0.00000420. The minimum atomic E-state index is 0. The summed E-state index contributed by atoms with van der Waals surface area (Å²) in [6, 6.07) is 8.30. The highest BCUT2D eigenvalue weighted by Crippen LogP contribution is 2.15. The maximum Gasteiger partial charge on any atom is 0.191 e. The number of methoxy groups -OCH3 is 1. The Labute approximate surface area is 192 Å². The highest BCUT2D eigenvalue weighted by molar-refractivity contribution is 14.0. The van der Waals surface area contributed by atoms with Gasteiger partial charge in [0.2, 0.25) is 0 Å².